The summed E-state index contributed by atoms with van der Waals surface area (Å²) in [4.78, 5) is 24.8. The molecule has 2 unspecified atom stereocenters. The van der Waals surface area contributed by atoms with Gasteiger partial charge < -0.3 is 20.9 Å². The molecule has 0 saturated heterocycles. The molecule has 1 aromatic carbocycles. The fraction of sp³-hybridized carbons (Fsp3) is 0.450. The van der Waals surface area contributed by atoms with E-state index in [1.165, 1.54) is 0 Å². The molecule has 2 aliphatic rings. The maximum absolute atomic E-state index is 12.4. The second kappa shape index (κ2) is 7.15. The van der Waals surface area contributed by atoms with Gasteiger partial charge in [-0.3, -0.25) is 9.59 Å². The number of carbonyl (C=O) groups is 2. The second-order valence-electron chi connectivity index (χ2n) is 7.62. The van der Waals surface area contributed by atoms with Crippen molar-refractivity contribution < 1.29 is 14.1 Å². The molecular weight excluding hydrogens is 344 g/mol. The van der Waals surface area contributed by atoms with Gasteiger partial charge in [-0.2, -0.15) is 0 Å². The lowest BCUT2D eigenvalue weighted by molar-refractivity contribution is 0.0937. The van der Waals surface area contributed by atoms with Crippen molar-refractivity contribution in [2.45, 2.75) is 57.0 Å². The lowest BCUT2D eigenvalue weighted by Crippen LogP contribution is -2.34. The molecule has 0 radical (unpaired) electrons. The first kappa shape index (κ1) is 17.7. The average molecular weight is 368 g/mol. The number of benzene rings is 1. The van der Waals surface area contributed by atoms with Crippen LogP contribution in [0, 0.1) is 6.92 Å². The van der Waals surface area contributed by atoms with Gasteiger partial charge in [-0.25, -0.2) is 0 Å². The van der Waals surface area contributed by atoms with Gasteiger partial charge in [0.05, 0.1) is 0 Å². The monoisotopic (exact) mass is 368 g/mol. The van der Waals surface area contributed by atoms with Crippen LogP contribution in [0.3, 0.4) is 0 Å². The highest BCUT2D eigenvalue weighted by atomic mass is 16.5. The molecule has 4 rings (SSSR count). The Bertz CT molecular complexity index is 872. The van der Waals surface area contributed by atoms with Gasteiger partial charge in [0.2, 0.25) is 0 Å². The van der Waals surface area contributed by atoms with E-state index in [0.717, 1.165) is 43.4 Å². The number of nitrogens with one attached hydrogen (secondary N) is 2. The third-order valence-electron chi connectivity index (χ3n) is 5.29. The summed E-state index contributed by atoms with van der Waals surface area (Å²) in [7, 11) is 0. The maximum Gasteiger partial charge on any atom is 0.277 e. The number of amides is 2. The second-order valence-corrected chi connectivity index (χ2v) is 7.62. The van der Waals surface area contributed by atoms with E-state index in [-0.39, 0.29) is 29.6 Å². The lowest BCUT2D eigenvalue weighted by Gasteiger charge is -2.14. The average Bonchev–Trinajstić information content (AvgIpc) is 3.22. The van der Waals surface area contributed by atoms with Crippen LogP contribution in [0.15, 0.2) is 28.8 Å². The molecular formula is C20H24N4O3. The SMILES string of the molecule is Cc1cc(C(=O)NC2CCC(N)C2)ccc1NC(=O)c1cc(C2CC2)on1. The number of carbonyl (C=O) groups excluding carboxylic acids is 2. The first-order valence-electron chi connectivity index (χ1n) is 9.44. The number of anilines is 1. The molecule has 1 aromatic heterocycles. The first-order chi connectivity index (χ1) is 13.0. The molecule has 2 fully saturated rings. The summed E-state index contributed by atoms with van der Waals surface area (Å²) in [6, 6.07) is 7.25. The molecule has 0 spiro atoms. The Balaban J connectivity index is 1.40. The summed E-state index contributed by atoms with van der Waals surface area (Å²) in [5.74, 6) is 0.759. The Hall–Kier alpha value is -2.67. The molecule has 2 atom stereocenters. The van der Waals surface area contributed by atoms with E-state index < -0.39 is 0 Å². The van der Waals surface area contributed by atoms with E-state index in [1.807, 2.05) is 6.92 Å². The zero-order chi connectivity index (χ0) is 19.0. The molecule has 4 N–H and O–H groups in total. The molecule has 142 valence electrons. The van der Waals surface area contributed by atoms with Gasteiger partial charge in [0.1, 0.15) is 5.76 Å². The van der Waals surface area contributed by atoms with Gasteiger partial charge in [0.25, 0.3) is 11.8 Å². The predicted octanol–water partition coefficient (Wildman–Crippen LogP) is 2.72. The van der Waals surface area contributed by atoms with Gasteiger partial charge in [-0.15, -0.1) is 0 Å². The fourth-order valence-electron chi connectivity index (χ4n) is 3.50. The van der Waals surface area contributed by atoms with E-state index in [2.05, 4.69) is 15.8 Å². The Kier molecular flexibility index (Phi) is 4.70. The molecule has 0 aliphatic heterocycles. The van der Waals surface area contributed by atoms with Crippen molar-refractivity contribution in [2.24, 2.45) is 5.73 Å². The number of nitrogens with zero attached hydrogens (tertiary/aromatic N) is 1. The van der Waals surface area contributed by atoms with Gasteiger partial charge in [0.15, 0.2) is 5.69 Å². The van der Waals surface area contributed by atoms with Crippen LogP contribution in [0.2, 0.25) is 0 Å². The fourth-order valence-corrected chi connectivity index (χ4v) is 3.50. The lowest BCUT2D eigenvalue weighted by atomic mass is 10.1. The normalized spacial score (nSPS) is 21.9. The van der Waals surface area contributed by atoms with Crippen molar-refractivity contribution in [1.82, 2.24) is 10.5 Å². The Morgan fingerprint density at radius 1 is 1.15 bits per heavy atom. The summed E-state index contributed by atoms with van der Waals surface area (Å²) in [5.41, 5.74) is 8.20. The van der Waals surface area contributed by atoms with Crippen molar-refractivity contribution in [3.63, 3.8) is 0 Å². The van der Waals surface area contributed by atoms with Crippen LogP contribution in [0.1, 0.15) is 70.2 Å². The summed E-state index contributed by atoms with van der Waals surface area (Å²) in [5, 5.41) is 9.72. The number of hydrogen-bond donors (Lipinski definition) is 3. The van der Waals surface area contributed by atoms with E-state index in [0.29, 0.717) is 17.2 Å². The summed E-state index contributed by atoms with van der Waals surface area (Å²) in [6.07, 6.45) is 4.86. The number of nitrogens with two attached hydrogens (primary N) is 1. The highest BCUT2D eigenvalue weighted by Crippen LogP contribution is 2.40. The van der Waals surface area contributed by atoms with Crippen LogP contribution in [-0.4, -0.2) is 29.1 Å². The highest BCUT2D eigenvalue weighted by molar-refractivity contribution is 6.03. The largest absolute Gasteiger partial charge is 0.360 e. The maximum atomic E-state index is 12.4. The minimum Gasteiger partial charge on any atom is -0.360 e. The highest BCUT2D eigenvalue weighted by Gasteiger charge is 2.29. The van der Waals surface area contributed by atoms with Crippen molar-refractivity contribution >= 4 is 17.5 Å². The zero-order valence-corrected chi connectivity index (χ0v) is 15.3. The van der Waals surface area contributed by atoms with Crippen LogP contribution in [0.25, 0.3) is 0 Å². The van der Waals surface area contributed by atoms with Crippen LogP contribution in [0.5, 0.6) is 0 Å². The number of rotatable bonds is 5. The van der Waals surface area contributed by atoms with Crippen molar-refractivity contribution in [2.75, 3.05) is 5.32 Å². The molecule has 7 nitrogen and oxygen atoms in total. The number of aromatic nitrogens is 1. The van der Waals surface area contributed by atoms with Gasteiger partial charge in [-0.1, -0.05) is 5.16 Å². The van der Waals surface area contributed by atoms with Crippen molar-refractivity contribution in [3.8, 4) is 0 Å². The zero-order valence-electron chi connectivity index (χ0n) is 15.3. The molecule has 2 aromatic rings. The molecule has 2 saturated carbocycles. The third kappa shape index (κ3) is 4.03. The first-order valence-corrected chi connectivity index (χ1v) is 9.44. The van der Waals surface area contributed by atoms with Crippen LogP contribution in [0.4, 0.5) is 5.69 Å². The van der Waals surface area contributed by atoms with Crippen LogP contribution >= 0.6 is 0 Å². The predicted molar refractivity (Wildman–Crippen MR) is 101 cm³/mol. The van der Waals surface area contributed by atoms with Crippen molar-refractivity contribution in [1.29, 1.82) is 0 Å². The van der Waals surface area contributed by atoms with E-state index >= 15 is 0 Å². The Labute approximate surface area is 157 Å². The summed E-state index contributed by atoms with van der Waals surface area (Å²) >= 11 is 0. The van der Waals surface area contributed by atoms with E-state index in [4.69, 9.17) is 10.3 Å². The molecule has 7 heteroatoms. The summed E-state index contributed by atoms with van der Waals surface area (Å²) in [6.45, 7) is 1.86. The quantitative estimate of drug-likeness (QED) is 0.751. The Morgan fingerprint density at radius 3 is 2.63 bits per heavy atom. The minimum absolute atomic E-state index is 0.111. The molecule has 0 bridgehead atoms. The van der Waals surface area contributed by atoms with Crippen LogP contribution in [-0.2, 0) is 0 Å². The van der Waals surface area contributed by atoms with Gasteiger partial charge in [-0.05, 0) is 62.8 Å². The molecule has 27 heavy (non-hydrogen) atoms. The van der Waals surface area contributed by atoms with Gasteiger partial charge >= 0.3 is 0 Å². The van der Waals surface area contributed by atoms with Crippen molar-refractivity contribution in [3.05, 3.63) is 46.8 Å². The minimum atomic E-state index is -0.314. The molecule has 2 aliphatic carbocycles. The molecule has 2 amide bonds. The van der Waals surface area contributed by atoms with Crippen LogP contribution < -0.4 is 16.4 Å². The third-order valence-corrected chi connectivity index (χ3v) is 5.29. The van der Waals surface area contributed by atoms with E-state index in [1.54, 1.807) is 24.3 Å². The van der Waals surface area contributed by atoms with Gasteiger partial charge in [0, 0.05) is 35.3 Å². The Morgan fingerprint density at radius 2 is 1.96 bits per heavy atom. The van der Waals surface area contributed by atoms with E-state index in [9.17, 15) is 9.59 Å². The summed E-state index contributed by atoms with van der Waals surface area (Å²) < 4.78 is 5.23. The topological polar surface area (TPSA) is 110 Å². The smallest absolute Gasteiger partial charge is 0.277 e. The number of aryl methyl sites for hydroxylation is 1. The number of hydrogen-bond acceptors (Lipinski definition) is 5. The standard InChI is InChI=1S/C20H24N4O3/c1-11-8-13(19(25)22-15-6-5-14(21)9-15)4-7-16(11)23-20(26)17-10-18(27-24-17)12-2-3-12/h4,7-8,10,12,14-15H,2-3,5-6,9,21H2,1H3,(H,22,25)(H,23,26). The molecule has 1 heterocycles.